The number of phenols is 1. The van der Waals surface area contributed by atoms with E-state index >= 15 is 0 Å². The van der Waals surface area contributed by atoms with E-state index in [-0.39, 0.29) is 34.7 Å². The van der Waals surface area contributed by atoms with Gasteiger partial charge in [-0.15, -0.1) is 0 Å². The Bertz CT molecular complexity index is 778. The molecule has 0 spiro atoms. The van der Waals surface area contributed by atoms with Crippen molar-refractivity contribution in [3.8, 4) is 5.75 Å². The number of aryl methyl sites for hydroxylation is 2. The molecule has 0 bridgehead atoms. The highest BCUT2D eigenvalue weighted by Gasteiger charge is 2.19. The van der Waals surface area contributed by atoms with E-state index in [2.05, 4.69) is 20.8 Å². The average molecular weight is 324 g/mol. The fourth-order valence-electron chi connectivity index (χ4n) is 2.67. The number of rotatable bonds is 4. The van der Waals surface area contributed by atoms with Crippen LogP contribution in [0.4, 0.5) is 0 Å². The lowest BCUT2D eigenvalue weighted by Crippen LogP contribution is -2.12. The second-order valence-electron chi connectivity index (χ2n) is 7.33. The van der Waals surface area contributed by atoms with Crippen LogP contribution in [0.25, 0.3) is 0 Å². The predicted molar refractivity (Wildman–Crippen MR) is 96.0 cm³/mol. The molecule has 2 aromatic rings. The first-order valence-electron chi connectivity index (χ1n) is 8.07. The molecule has 2 rings (SSSR count). The van der Waals surface area contributed by atoms with Gasteiger partial charge in [0.05, 0.1) is 12.0 Å². The van der Waals surface area contributed by atoms with Gasteiger partial charge in [0.25, 0.3) is 0 Å². The minimum Gasteiger partial charge on any atom is -0.507 e. The fraction of sp³-hybridized carbons (Fsp3) is 0.333. The van der Waals surface area contributed by atoms with Gasteiger partial charge in [0.1, 0.15) is 5.75 Å². The number of hydrogen-bond acceptors (Lipinski definition) is 3. The molecule has 1 N–H and O–H groups in total. The summed E-state index contributed by atoms with van der Waals surface area (Å²) in [5, 5.41) is 10.1. The fourth-order valence-corrected chi connectivity index (χ4v) is 2.67. The van der Waals surface area contributed by atoms with Gasteiger partial charge in [0, 0.05) is 5.56 Å². The van der Waals surface area contributed by atoms with Crippen LogP contribution in [-0.2, 0) is 5.41 Å². The zero-order valence-corrected chi connectivity index (χ0v) is 14.9. The summed E-state index contributed by atoms with van der Waals surface area (Å²) in [6.45, 7) is 9.92. The predicted octanol–water partition coefficient (Wildman–Crippen LogP) is 4.76. The van der Waals surface area contributed by atoms with Crippen molar-refractivity contribution >= 4 is 11.6 Å². The molecule has 0 aliphatic rings. The van der Waals surface area contributed by atoms with E-state index in [0.29, 0.717) is 11.1 Å². The van der Waals surface area contributed by atoms with Crippen molar-refractivity contribution < 1.29 is 14.7 Å². The molecule has 0 aliphatic heterocycles. The number of carbonyl (C=O) groups excluding carboxylic acids is 2. The summed E-state index contributed by atoms with van der Waals surface area (Å²) in [5.74, 6) is -0.635. The number of phenolic OH excluding ortho intramolecular Hbond substituents is 1. The van der Waals surface area contributed by atoms with Gasteiger partial charge < -0.3 is 5.11 Å². The van der Waals surface area contributed by atoms with Crippen LogP contribution < -0.4 is 0 Å². The maximum atomic E-state index is 12.4. The molecule has 3 heteroatoms. The first kappa shape index (κ1) is 17.9. The smallest absolute Gasteiger partial charge is 0.174 e. The molecular formula is C21H24O3. The second-order valence-corrected chi connectivity index (χ2v) is 7.33. The minimum absolute atomic E-state index is 0.0161. The summed E-state index contributed by atoms with van der Waals surface area (Å²) < 4.78 is 0. The summed E-state index contributed by atoms with van der Waals surface area (Å²) in [6.07, 6.45) is -0.245. The Morgan fingerprint density at radius 3 is 2.08 bits per heavy atom. The van der Waals surface area contributed by atoms with Gasteiger partial charge in [-0.25, -0.2) is 0 Å². The first-order chi connectivity index (χ1) is 11.1. The molecule has 0 aromatic heterocycles. The number of benzene rings is 2. The molecule has 0 saturated carbocycles. The van der Waals surface area contributed by atoms with Crippen molar-refractivity contribution in [2.45, 2.75) is 46.5 Å². The Morgan fingerprint density at radius 2 is 1.54 bits per heavy atom. The van der Waals surface area contributed by atoms with Crippen molar-refractivity contribution in [3.05, 3.63) is 64.2 Å². The van der Waals surface area contributed by atoms with Crippen molar-refractivity contribution in [2.24, 2.45) is 0 Å². The molecule has 3 nitrogen and oxygen atoms in total. The highest BCUT2D eigenvalue weighted by Crippen LogP contribution is 2.26. The van der Waals surface area contributed by atoms with Gasteiger partial charge in [0.2, 0.25) is 0 Å². The molecule has 0 heterocycles. The van der Waals surface area contributed by atoms with Crippen molar-refractivity contribution in [1.29, 1.82) is 0 Å². The van der Waals surface area contributed by atoms with Crippen LogP contribution in [0, 0.1) is 13.8 Å². The lowest BCUT2D eigenvalue weighted by Gasteiger charge is -2.19. The number of carbonyl (C=O) groups is 2. The molecule has 0 aliphatic carbocycles. The molecule has 24 heavy (non-hydrogen) atoms. The third kappa shape index (κ3) is 3.91. The molecular weight excluding hydrogens is 300 g/mol. The Labute approximate surface area is 143 Å². The van der Waals surface area contributed by atoms with Crippen LogP contribution in [0.15, 0.2) is 36.4 Å². The van der Waals surface area contributed by atoms with Gasteiger partial charge in [-0.05, 0) is 42.0 Å². The number of aromatic hydroxyl groups is 1. The number of ketones is 2. The van der Waals surface area contributed by atoms with Crippen LogP contribution in [0.2, 0.25) is 0 Å². The standard InChI is InChI=1S/C21H24O3/c1-13-10-14(2)20(24)17(11-13)19(23)12-18(22)15-6-8-16(9-7-15)21(3,4)5/h6-11,24H,12H2,1-5H3. The molecule has 2 aromatic carbocycles. The average Bonchev–Trinajstić information content (AvgIpc) is 2.50. The Morgan fingerprint density at radius 1 is 0.958 bits per heavy atom. The molecule has 0 atom stereocenters. The lowest BCUT2D eigenvalue weighted by molar-refractivity contribution is 0.0893. The Balaban J connectivity index is 2.19. The first-order valence-corrected chi connectivity index (χ1v) is 8.07. The van der Waals surface area contributed by atoms with E-state index in [0.717, 1.165) is 11.1 Å². The topological polar surface area (TPSA) is 54.4 Å². The van der Waals surface area contributed by atoms with Crippen LogP contribution in [0.3, 0.4) is 0 Å². The summed E-state index contributed by atoms with van der Waals surface area (Å²) >= 11 is 0. The summed E-state index contributed by atoms with van der Waals surface area (Å²) in [4.78, 5) is 24.8. The Kier molecular flexibility index (Phi) is 4.93. The van der Waals surface area contributed by atoms with Crippen LogP contribution >= 0.6 is 0 Å². The molecule has 0 saturated heterocycles. The molecule has 0 fully saturated rings. The molecule has 0 unspecified atom stereocenters. The number of hydrogen-bond donors (Lipinski definition) is 1. The highest BCUT2D eigenvalue weighted by atomic mass is 16.3. The zero-order chi connectivity index (χ0) is 18.1. The maximum absolute atomic E-state index is 12.4. The van der Waals surface area contributed by atoms with Gasteiger partial charge in [-0.3, -0.25) is 9.59 Å². The maximum Gasteiger partial charge on any atom is 0.174 e. The molecule has 0 amide bonds. The zero-order valence-electron chi connectivity index (χ0n) is 14.9. The summed E-state index contributed by atoms with van der Waals surface area (Å²) in [6, 6.07) is 10.8. The van der Waals surface area contributed by atoms with Gasteiger partial charge in [0.15, 0.2) is 11.6 Å². The molecule has 0 radical (unpaired) electrons. The second kappa shape index (κ2) is 6.60. The lowest BCUT2D eigenvalue weighted by atomic mass is 9.86. The van der Waals surface area contributed by atoms with E-state index in [1.807, 2.05) is 19.1 Å². The third-order valence-corrected chi connectivity index (χ3v) is 4.14. The third-order valence-electron chi connectivity index (χ3n) is 4.14. The minimum atomic E-state index is -0.357. The number of Topliss-reactive ketones (excluding diaryl/α,β-unsaturated/α-hetero) is 2. The Hall–Kier alpha value is -2.42. The van der Waals surface area contributed by atoms with E-state index < -0.39 is 0 Å². The van der Waals surface area contributed by atoms with Crippen LogP contribution in [0.1, 0.15) is 64.6 Å². The van der Waals surface area contributed by atoms with E-state index in [9.17, 15) is 14.7 Å². The van der Waals surface area contributed by atoms with Crippen molar-refractivity contribution in [3.63, 3.8) is 0 Å². The van der Waals surface area contributed by atoms with Gasteiger partial charge in [-0.1, -0.05) is 51.1 Å². The van der Waals surface area contributed by atoms with Gasteiger partial charge in [-0.2, -0.15) is 0 Å². The van der Waals surface area contributed by atoms with Crippen LogP contribution in [-0.4, -0.2) is 16.7 Å². The van der Waals surface area contributed by atoms with Gasteiger partial charge >= 0.3 is 0 Å². The van der Waals surface area contributed by atoms with Crippen LogP contribution in [0.5, 0.6) is 5.75 Å². The van der Waals surface area contributed by atoms with E-state index in [1.165, 1.54) is 0 Å². The monoisotopic (exact) mass is 324 g/mol. The van der Waals surface area contributed by atoms with E-state index in [1.54, 1.807) is 31.2 Å². The molecule has 126 valence electrons. The quantitative estimate of drug-likeness (QED) is 0.651. The largest absolute Gasteiger partial charge is 0.507 e. The normalized spacial score (nSPS) is 11.4. The summed E-state index contributed by atoms with van der Waals surface area (Å²) in [5.41, 5.74) is 3.41. The van der Waals surface area contributed by atoms with E-state index in [4.69, 9.17) is 0 Å². The SMILES string of the molecule is Cc1cc(C)c(O)c(C(=O)CC(=O)c2ccc(C(C)(C)C)cc2)c1. The highest BCUT2D eigenvalue weighted by molar-refractivity contribution is 6.14. The van der Waals surface area contributed by atoms with Crippen molar-refractivity contribution in [2.75, 3.05) is 0 Å². The summed E-state index contributed by atoms with van der Waals surface area (Å²) in [7, 11) is 0. The van der Waals surface area contributed by atoms with Crippen molar-refractivity contribution in [1.82, 2.24) is 0 Å².